The van der Waals surface area contributed by atoms with E-state index in [9.17, 15) is 9.59 Å². The van der Waals surface area contributed by atoms with Gasteiger partial charge in [-0.15, -0.1) is 11.8 Å². The van der Waals surface area contributed by atoms with E-state index in [1.165, 1.54) is 11.8 Å². The topological polar surface area (TPSA) is 84.9 Å². The zero-order valence-electron chi connectivity index (χ0n) is 13.8. The molecule has 7 heteroatoms. The highest BCUT2D eigenvalue weighted by molar-refractivity contribution is 7.99. The first-order chi connectivity index (χ1) is 10.9. The van der Waals surface area contributed by atoms with Crippen molar-refractivity contribution in [2.24, 2.45) is 5.92 Å². The van der Waals surface area contributed by atoms with Crippen molar-refractivity contribution in [2.45, 2.75) is 31.2 Å². The largest absolute Gasteiger partial charge is 0.493 e. The lowest BCUT2D eigenvalue weighted by Crippen LogP contribution is -2.44. The van der Waals surface area contributed by atoms with Gasteiger partial charge in [-0.1, -0.05) is 13.8 Å². The van der Waals surface area contributed by atoms with Gasteiger partial charge in [0, 0.05) is 17.1 Å². The van der Waals surface area contributed by atoms with E-state index in [0.717, 1.165) is 4.90 Å². The zero-order valence-corrected chi connectivity index (χ0v) is 14.6. The van der Waals surface area contributed by atoms with Crippen LogP contribution in [0.25, 0.3) is 0 Å². The standard InChI is InChI=1S/C16H23NO5S/c1-10(2)15(16(19)20)17-14(18)7-8-23-11-5-6-12(21-3)13(9-11)22-4/h5-6,9-10,15H,7-8H2,1-4H3,(H,17,18)(H,19,20)/t15-/m0/s1. The highest BCUT2D eigenvalue weighted by Gasteiger charge is 2.23. The predicted octanol–water partition coefficient (Wildman–Crippen LogP) is 2.41. The number of nitrogens with one attached hydrogen (secondary N) is 1. The molecule has 0 aliphatic heterocycles. The van der Waals surface area contributed by atoms with Gasteiger partial charge in [0.15, 0.2) is 11.5 Å². The van der Waals surface area contributed by atoms with Crippen LogP contribution >= 0.6 is 11.8 Å². The van der Waals surface area contributed by atoms with E-state index in [-0.39, 0.29) is 18.2 Å². The molecule has 128 valence electrons. The number of rotatable bonds is 9. The second kappa shape index (κ2) is 9.29. The molecular formula is C16H23NO5S. The minimum absolute atomic E-state index is 0.157. The molecule has 23 heavy (non-hydrogen) atoms. The first-order valence-corrected chi connectivity index (χ1v) is 8.24. The summed E-state index contributed by atoms with van der Waals surface area (Å²) in [4.78, 5) is 23.9. The average molecular weight is 341 g/mol. The van der Waals surface area contributed by atoms with Crippen molar-refractivity contribution in [1.82, 2.24) is 5.32 Å². The van der Waals surface area contributed by atoms with Crippen LogP contribution in [0.2, 0.25) is 0 Å². The predicted molar refractivity (Wildman–Crippen MR) is 89.3 cm³/mol. The van der Waals surface area contributed by atoms with Gasteiger partial charge in [-0.05, 0) is 24.1 Å². The monoisotopic (exact) mass is 341 g/mol. The maximum Gasteiger partial charge on any atom is 0.326 e. The van der Waals surface area contributed by atoms with E-state index >= 15 is 0 Å². The van der Waals surface area contributed by atoms with Crippen LogP contribution in [0.1, 0.15) is 20.3 Å². The van der Waals surface area contributed by atoms with Crippen LogP contribution in [0.4, 0.5) is 0 Å². The number of methoxy groups -OCH3 is 2. The number of carboxylic acids is 1. The van der Waals surface area contributed by atoms with Crippen molar-refractivity contribution in [1.29, 1.82) is 0 Å². The lowest BCUT2D eigenvalue weighted by Gasteiger charge is -2.17. The van der Waals surface area contributed by atoms with Gasteiger partial charge in [-0.3, -0.25) is 4.79 Å². The fraction of sp³-hybridized carbons (Fsp3) is 0.500. The van der Waals surface area contributed by atoms with Crippen molar-refractivity contribution in [3.8, 4) is 11.5 Å². The molecule has 0 aromatic heterocycles. The highest BCUT2D eigenvalue weighted by atomic mass is 32.2. The zero-order chi connectivity index (χ0) is 17.4. The van der Waals surface area contributed by atoms with E-state index in [1.807, 2.05) is 12.1 Å². The van der Waals surface area contributed by atoms with Crippen LogP contribution in [0.5, 0.6) is 11.5 Å². The van der Waals surface area contributed by atoms with Crippen molar-refractivity contribution >= 4 is 23.6 Å². The summed E-state index contributed by atoms with van der Waals surface area (Å²) in [7, 11) is 3.14. The molecule has 0 fully saturated rings. The molecule has 0 radical (unpaired) electrons. The molecule has 1 atom stereocenters. The molecule has 0 aliphatic carbocycles. The summed E-state index contributed by atoms with van der Waals surface area (Å²) >= 11 is 1.50. The van der Waals surface area contributed by atoms with Crippen molar-refractivity contribution < 1.29 is 24.2 Å². The first-order valence-electron chi connectivity index (χ1n) is 7.26. The smallest absolute Gasteiger partial charge is 0.326 e. The molecule has 0 aliphatic rings. The molecule has 0 bridgehead atoms. The number of carbonyl (C=O) groups is 2. The molecule has 0 unspecified atom stereocenters. The van der Waals surface area contributed by atoms with E-state index in [0.29, 0.717) is 17.3 Å². The molecule has 1 aromatic carbocycles. The summed E-state index contributed by atoms with van der Waals surface area (Å²) < 4.78 is 10.4. The SMILES string of the molecule is COc1ccc(SCCC(=O)N[C@H](C(=O)O)C(C)C)cc1OC. The molecule has 0 heterocycles. The summed E-state index contributed by atoms with van der Waals surface area (Å²) in [6.45, 7) is 3.52. The van der Waals surface area contributed by atoms with Crippen LogP contribution in [0.3, 0.4) is 0 Å². The lowest BCUT2D eigenvalue weighted by molar-refractivity contribution is -0.143. The highest BCUT2D eigenvalue weighted by Crippen LogP contribution is 2.31. The van der Waals surface area contributed by atoms with Crippen LogP contribution < -0.4 is 14.8 Å². The van der Waals surface area contributed by atoms with Gasteiger partial charge in [0.2, 0.25) is 5.91 Å². The molecule has 0 saturated heterocycles. The van der Waals surface area contributed by atoms with Gasteiger partial charge in [0.1, 0.15) is 6.04 Å². The Morgan fingerprint density at radius 1 is 1.22 bits per heavy atom. The molecule has 6 nitrogen and oxygen atoms in total. The minimum atomic E-state index is -1.01. The van der Waals surface area contributed by atoms with E-state index in [4.69, 9.17) is 14.6 Å². The Labute approximate surface area is 140 Å². The molecule has 1 amide bonds. The number of amides is 1. The molecule has 0 saturated carbocycles. The maximum atomic E-state index is 11.8. The lowest BCUT2D eigenvalue weighted by atomic mass is 10.0. The van der Waals surface area contributed by atoms with Gasteiger partial charge in [0.25, 0.3) is 0 Å². The third-order valence-corrected chi connectivity index (χ3v) is 4.20. The van der Waals surface area contributed by atoms with Crippen molar-refractivity contribution in [3.63, 3.8) is 0 Å². The number of benzene rings is 1. The van der Waals surface area contributed by atoms with Crippen LogP contribution in [-0.2, 0) is 9.59 Å². The number of ether oxygens (including phenoxy) is 2. The summed E-state index contributed by atoms with van der Waals surface area (Å²) in [6.07, 6.45) is 0.246. The average Bonchev–Trinajstić information content (AvgIpc) is 2.51. The van der Waals surface area contributed by atoms with Gasteiger partial charge in [-0.25, -0.2) is 4.79 Å². The summed E-state index contributed by atoms with van der Waals surface area (Å²) in [5, 5.41) is 11.6. The van der Waals surface area contributed by atoms with E-state index in [2.05, 4.69) is 5.32 Å². The maximum absolute atomic E-state index is 11.8. The Hall–Kier alpha value is -1.89. The molecule has 2 N–H and O–H groups in total. The Morgan fingerprint density at radius 2 is 1.87 bits per heavy atom. The molecule has 1 rings (SSSR count). The molecule has 1 aromatic rings. The number of thioether (sulfide) groups is 1. The van der Waals surface area contributed by atoms with E-state index < -0.39 is 12.0 Å². The van der Waals surface area contributed by atoms with Crippen LogP contribution in [0, 0.1) is 5.92 Å². The summed E-state index contributed by atoms with van der Waals surface area (Å²) in [5.74, 6) is 0.393. The Kier molecular flexibility index (Phi) is 7.74. The number of carbonyl (C=O) groups excluding carboxylic acids is 1. The number of hydrogen-bond acceptors (Lipinski definition) is 5. The number of hydrogen-bond donors (Lipinski definition) is 2. The molecule has 0 spiro atoms. The minimum Gasteiger partial charge on any atom is -0.493 e. The normalized spacial score (nSPS) is 11.9. The Morgan fingerprint density at radius 3 is 2.39 bits per heavy atom. The van der Waals surface area contributed by atoms with Gasteiger partial charge in [-0.2, -0.15) is 0 Å². The number of carboxylic acid groups (broad SMARTS) is 1. The Balaban J connectivity index is 2.50. The number of aliphatic carboxylic acids is 1. The van der Waals surface area contributed by atoms with E-state index in [1.54, 1.807) is 34.1 Å². The quantitative estimate of drug-likeness (QED) is 0.671. The fourth-order valence-corrected chi connectivity index (χ4v) is 2.80. The third kappa shape index (κ3) is 6.02. The van der Waals surface area contributed by atoms with Crippen molar-refractivity contribution in [2.75, 3.05) is 20.0 Å². The summed E-state index contributed by atoms with van der Waals surface area (Å²) in [6, 6.07) is 4.68. The fourth-order valence-electron chi connectivity index (χ4n) is 1.93. The van der Waals surface area contributed by atoms with Crippen molar-refractivity contribution in [3.05, 3.63) is 18.2 Å². The van der Waals surface area contributed by atoms with Crippen LogP contribution in [0.15, 0.2) is 23.1 Å². The Bertz CT molecular complexity index is 547. The van der Waals surface area contributed by atoms with Crippen LogP contribution in [-0.4, -0.2) is 43.0 Å². The first kappa shape index (κ1) is 19.2. The van der Waals surface area contributed by atoms with Gasteiger partial charge >= 0.3 is 5.97 Å². The van der Waals surface area contributed by atoms with Gasteiger partial charge in [0.05, 0.1) is 14.2 Å². The molecular weight excluding hydrogens is 318 g/mol. The second-order valence-corrected chi connectivity index (χ2v) is 6.41. The van der Waals surface area contributed by atoms with Gasteiger partial charge < -0.3 is 19.9 Å². The third-order valence-electron chi connectivity index (χ3n) is 3.20. The summed E-state index contributed by atoms with van der Waals surface area (Å²) in [5.41, 5.74) is 0. The second-order valence-electron chi connectivity index (χ2n) is 5.24.